The summed E-state index contributed by atoms with van der Waals surface area (Å²) in [6, 6.07) is 3.59. The van der Waals surface area contributed by atoms with Crippen molar-refractivity contribution >= 4 is 0 Å². The summed E-state index contributed by atoms with van der Waals surface area (Å²) in [5.74, 6) is 0.465. The van der Waals surface area contributed by atoms with Gasteiger partial charge in [0.15, 0.2) is 0 Å². The van der Waals surface area contributed by atoms with Crippen LogP contribution in [0.1, 0.15) is 0 Å². The summed E-state index contributed by atoms with van der Waals surface area (Å²) in [5.41, 5.74) is 0.855. The van der Waals surface area contributed by atoms with Gasteiger partial charge in [-0.25, -0.2) is 0 Å². The van der Waals surface area contributed by atoms with Gasteiger partial charge in [0, 0.05) is 18.0 Å². The van der Waals surface area contributed by atoms with Crippen LogP contribution in [0.15, 0.2) is 28.9 Å². The van der Waals surface area contributed by atoms with Gasteiger partial charge in [0.05, 0.1) is 0 Å². The van der Waals surface area contributed by atoms with Crippen molar-refractivity contribution in [3.63, 3.8) is 0 Å². The van der Waals surface area contributed by atoms with E-state index in [4.69, 9.17) is 4.42 Å². The molecule has 1 radical (unpaired) electrons. The third-order valence-electron chi connectivity index (χ3n) is 1.25. The average molecular weight is 146 g/mol. The zero-order valence-electron chi connectivity index (χ0n) is 5.56. The van der Waals surface area contributed by atoms with E-state index in [1.807, 2.05) is 0 Å². The van der Waals surface area contributed by atoms with Crippen LogP contribution in [0.3, 0.4) is 0 Å². The molecule has 0 atom stereocenters. The van der Waals surface area contributed by atoms with E-state index >= 15 is 0 Å². The van der Waals surface area contributed by atoms with Gasteiger partial charge >= 0.3 is 6.39 Å². The highest BCUT2D eigenvalue weighted by atomic mass is 16.4. The first-order valence-corrected chi connectivity index (χ1v) is 3.07. The minimum Gasteiger partial charge on any atom is -0.412 e. The molecule has 0 N–H and O–H groups in total. The first-order valence-electron chi connectivity index (χ1n) is 3.07. The Balaban J connectivity index is 2.46. The first kappa shape index (κ1) is 6.03. The Morgan fingerprint density at radius 2 is 2.09 bits per heavy atom. The summed E-state index contributed by atoms with van der Waals surface area (Å²) >= 11 is 0. The molecule has 4 heteroatoms. The molecule has 11 heavy (non-hydrogen) atoms. The zero-order valence-corrected chi connectivity index (χ0v) is 5.56. The summed E-state index contributed by atoms with van der Waals surface area (Å²) in [6.07, 6.45) is 5.60. The Labute approximate surface area is 62.9 Å². The van der Waals surface area contributed by atoms with E-state index < -0.39 is 0 Å². The van der Waals surface area contributed by atoms with Crippen LogP contribution >= 0.6 is 0 Å². The summed E-state index contributed by atoms with van der Waals surface area (Å²) < 4.78 is 4.84. The van der Waals surface area contributed by atoms with Gasteiger partial charge in [0.25, 0.3) is 0 Å². The van der Waals surface area contributed by atoms with Gasteiger partial charge in [-0.2, -0.15) is 0 Å². The van der Waals surface area contributed by atoms with Crippen LogP contribution < -0.4 is 0 Å². The Kier molecular flexibility index (Phi) is 1.37. The van der Waals surface area contributed by atoms with Crippen LogP contribution in [-0.2, 0) is 0 Å². The molecule has 0 aromatic carbocycles. The Bertz CT molecular complexity index is 317. The molecule has 0 unspecified atom stereocenters. The number of nitrogens with zero attached hydrogens (tertiary/aromatic N) is 3. The average Bonchev–Trinajstić information content (AvgIpc) is 2.58. The number of hydrogen-bond acceptors (Lipinski definition) is 4. The molecule has 0 fully saturated rings. The van der Waals surface area contributed by atoms with Crippen molar-refractivity contribution in [3.8, 4) is 11.5 Å². The maximum atomic E-state index is 4.84. The van der Waals surface area contributed by atoms with Crippen molar-refractivity contribution in [3.05, 3.63) is 30.9 Å². The van der Waals surface area contributed by atoms with E-state index in [0.29, 0.717) is 5.89 Å². The number of rotatable bonds is 1. The second-order valence-corrected chi connectivity index (χ2v) is 1.93. The van der Waals surface area contributed by atoms with Crippen molar-refractivity contribution in [1.82, 2.24) is 15.2 Å². The van der Waals surface area contributed by atoms with Gasteiger partial charge in [-0.15, -0.1) is 10.2 Å². The molecule has 0 aliphatic carbocycles. The van der Waals surface area contributed by atoms with Crippen molar-refractivity contribution in [2.24, 2.45) is 0 Å². The van der Waals surface area contributed by atoms with Crippen LogP contribution in [0.5, 0.6) is 0 Å². The van der Waals surface area contributed by atoms with E-state index in [0.717, 1.165) is 5.56 Å². The Morgan fingerprint density at radius 3 is 2.73 bits per heavy atom. The SMILES string of the molecule is [c]1nnc(-c2ccncc2)o1. The van der Waals surface area contributed by atoms with E-state index in [1.165, 1.54) is 0 Å². The van der Waals surface area contributed by atoms with Crippen LogP contribution in [0, 0.1) is 6.39 Å². The van der Waals surface area contributed by atoms with Crippen LogP contribution in [-0.4, -0.2) is 15.2 Å². The predicted molar refractivity (Wildman–Crippen MR) is 36.4 cm³/mol. The highest BCUT2D eigenvalue weighted by molar-refractivity contribution is 5.50. The number of aromatic nitrogens is 3. The topological polar surface area (TPSA) is 51.8 Å². The monoisotopic (exact) mass is 146 g/mol. The van der Waals surface area contributed by atoms with E-state index in [9.17, 15) is 0 Å². The third kappa shape index (κ3) is 1.10. The second kappa shape index (κ2) is 2.49. The fourth-order valence-corrected chi connectivity index (χ4v) is 0.761. The first-order chi connectivity index (χ1) is 5.47. The van der Waals surface area contributed by atoms with E-state index in [2.05, 4.69) is 21.6 Å². The molecule has 0 saturated heterocycles. The van der Waals surface area contributed by atoms with Crippen molar-refractivity contribution < 1.29 is 4.42 Å². The highest BCUT2D eigenvalue weighted by Crippen LogP contribution is 2.12. The van der Waals surface area contributed by atoms with Crippen molar-refractivity contribution in [1.29, 1.82) is 0 Å². The lowest BCUT2D eigenvalue weighted by Crippen LogP contribution is -1.77. The van der Waals surface area contributed by atoms with Crippen molar-refractivity contribution in [2.75, 3.05) is 0 Å². The van der Waals surface area contributed by atoms with Gasteiger partial charge in [-0.3, -0.25) is 4.98 Å². The molecule has 0 aliphatic rings. The molecule has 0 amide bonds. The standard InChI is InChI=1S/C7H4N3O/c1-3-8-4-2-6(1)7-10-9-5-11-7/h1-4H. The fourth-order valence-electron chi connectivity index (χ4n) is 0.761. The molecule has 4 nitrogen and oxygen atoms in total. The summed E-state index contributed by atoms with van der Waals surface area (Å²) in [5, 5.41) is 7.12. The molecule has 2 heterocycles. The third-order valence-corrected chi connectivity index (χ3v) is 1.25. The number of hydrogen-bond donors (Lipinski definition) is 0. The van der Waals surface area contributed by atoms with Gasteiger partial charge < -0.3 is 4.42 Å². The minimum atomic E-state index is 0.465. The molecule has 2 rings (SSSR count). The second-order valence-electron chi connectivity index (χ2n) is 1.93. The van der Waals surface area contributed by atoms with Crippen molar-refractivity contribution in [2.45, 2.75) is 0 Å². The van der Waals surface area contributed by atoms with Crippen LogP contribution in [0.4, 0.5) is 0 Å². The Hall–Kier alpha value is -1.71. The molecule has 53 valence electrons. The largest absolute Gasteiger partial charge is 0.412 e. The van der Waals surface area contributed by atoms with Gasteiger partial charge in [-0.1, -0.05) is 0 Å². The van der Waals surface area contributed by atoms with Crippen LogP contribution in [0.25, 0.3) is 11.5 Å². The Morgan fingerprint density at radius 1 is 1.27 bits per heavy atom. The molecule has 2 aromatic heterocycles. The quantitative estimate of drug-likeness (QED) is 0.600. The smallest absolute Gasteiger partial charge is 0.306 e. The fraction of sp³-hybridized carbons (Fsp3) is 0. The summed E-state index contributed by atoms with van der Waals surface area (Å²) in [6.45, 7) is 0. The molecule has 0 spiro atoms. The molecular weight excluding hydrogens is 142 g/mol. The van der Waals surface area contributed by atoms with Gasteiger partial charge in [-0.05, 0) is 12.1 Å². The molecule has 2 aromatic rings. The maximum absolute atomic E-state index is 4.84. The zero-order chi connectivity index (χ0) is 7.52. The summed E-state index contributed by atoms with van der Waals surface area (Å²) in [7, 11) is 0. The van der Waals surface area contributed by atoms with E-state index in [-0.39, 0.29) is 0 Å². The normalized spacial score (nSPS) is 9.82. The molecule has 0 bridgehead atoms. The highest BCUT2D eigenvalue weighted by Gasteiger charge is 2.00. The van der Waals surface area contributed by atoms with Crippen LogP contribution in [0.2, 0.25) is 0 Å². The molecule has 0 saturated carbocycles. The minimum absolute atomic E-state index is 0.465. The van der Waals surface area contributed by atoms with Gasteiger partial charge in [0.2, 0.25) is 5.89 Å². The van der Waals surface area contributed by atoms with E-state index in [1.54, 1.807) is 24.5 Å². The van der Waals surface area contributed by atoms with Gasteiger partial charge in [0.1, 0.15) is 0 Å². The lowest BCUT2D eigenvalue weighted by atomic mass is 10.3. The lowest BCUT2D eigenvalue weighted by molar-refractivity contribution is 0.559. The lowest BCUT2D eigenvalue weighted by Gasteiger charge is -1.89. The number of pyridine rings is 1. The molecule has 0 aliphatic heterocycles. The molecular formula is C7H4N3O. The maximum Gasteiger partial charge on any atom is 0.306 e. The predicted octanol–water partition coefficient (Wildman–Crippen LogP) is 0.932. The summed E-state index contributed by atoms with van der Waals surface area (Å²) in [4.78, 5) is 3.86.